The van der Waals surface area contributed by atoms with Crippen LogP contribution < -0.4 is 10.0 Å². The molecule has 2 N–H and O–H groups in total. The zero-order valence-corrected chi connectivity index (χ0v) is 12.6. The summed E-state index contributed by atoms with van der Waals surface area (Å²) in [6.07, 6.45) is 1.55. The highest BCUT2D eigenvalue weighted by molar-refractivity contribution is 7.92. The Morgan fingerprint density at radius 3 is 2.50 bits per heavy atom. The SMILES string of the molecule is C=CCNC(=O)c1cccc(S(=O)(=O)Nc2ccccc2)c1. The Hall–Kier alpha value is -2.60. The van der Waals surface area contributed by atoms with Crippen molar-refractivity contribution in [3.63, 3.8) is 0 Å². The largest absolute Gasteiger partial charge is 0.349 e. The Kier molecular flexibility index (Phi) is 4.95. The Bertz CT molecular complexity index is 771. The van der Waals surface area contributed by atoms with Gasteiger partial charge in [-0.1, -0.05) is 30.3 Å². The molecule has 114 valence electrons. The van der Waals surface area contributed by atoms with Gasteiger partial charge in [0.25, 0.3) is 15.9 Å². The van der Waals surface area contributed by atoms with Crippen LogP contribution in [0.15, 0.2) is 72.1 Å². The van der Waals surface area contributed by atoms with Gasteiger partial charge in [0.15, 0.2) is 0 Å². The van der Waals surface area contributed by atoms with Gasteiger partial charge < -0.3 is 5.32 Å². The molecule has 0 atom stereocenters. The van der Waals surface area contributed by atoms with Gasteiger partial charge in [-0.15, -0.1) is 6.58 Å². The maximum absolute atomic E-state index is 12.3. The Labute approximate surface area is 129 Å². The van der Waals surface area contributed by atoms with E-state index in [1.165, 1.54) is 18.2 Å². The third-order valence-corrected chi connectivity index (χ3v) is 4.22. The van der Waals surface area contributed by atoms with Crippen molar-refractivity contribution >= 4 is 21.6 Å². The van der Waals surface area contributed by atoms with E-state index in [2.05, 4.69) is 16.6 Å². The molecule has 0 saturated carbocycles. The number of anilines is 1. The van der Waals surface area contributed by atoms with Crippen molar-refractivity contribution in [2.24, 2.45) is 0 Å². The lowest BCUT2D eigenvalue weighted by molar-refractivity contribution is 0.0958. The second-order valence-corrected chi connectivity index (χ2v) is 6.18. The van der Waals surface area contributed by atoms with Crippen LogP contribution in [0.1, 0.15) is 10.4 Å². The van der Waals surface area contributed by atoms with Crippen molar-refractivity contribution in [2.75, 3.05) is 11.3 Å². The first-order valence-electron chi connectivity index (χ1n) is 6.60. The molecule has 0 aromatic heterocycles. The average molecular weight is 316 g/mol. The highest BCUT2D eigenvalue weighted by Crippen LogP contribution is 2.16. The third kappa shape index (κ3) is 3.95. The van der Waals surface area contributed by atoms with Crippen LogP contribution in [-0.2, 0) is 10.0 Å². The van der Waals surface area contributed by atoms with E-state index in [0.29, 0.717) is 12.2 Å². The van der Waals surface area contributed by atoms with Crippen molar-refractivity contribution < 1.29 is 13.2 Å². The van der Waals surface area contributed by atoms with Crippen molar-refractivity contribution in [1.82, 2.24) is 5.32 Å². The maximum Gasteiger partial charge on any atom is 0.261 e. The summed E-state index contributed by atoms with van der Waals surface area (Å²) < 4.78 is 27.1. The number of rotatable bonds is 6. The van der Waals surface area contributed by atoms with E-state index in [4.69, 9.17) is 0 Å². The fraction of sp³-hybridized carbons (Fsp3) is 0.0625. The Balaban J connectivity index is 2.24. The van der Waals surface area contributed by atoms with Crippen LogP contribution in [0, 0.1) is 0 Å². The van der Waals surface area contributed by atoms with Crippen molar-refractivity contribution in [3.8, 4) is 0 Å². The Morgan fingerprint density at radius 1 is 1.09 bits per heavy atom. The number of hydrogen-bond acceptors (Lipinski definition) is 3. The van der Waals surface area contributed by atoms with Gasteiger partial charge >= 0.3 is 0 Å². The van der Waals surface area contributed by atoms with Crippen LogP contribution in [0.3, 0.4) is 0 Å². The third-order valence-electron chi connectivity index (χ3n) is 2.84. The zero-order chi connectivity index (χ0) is 16.0. The normalized spacial score (nSPS) is 10.7. The molecule has 2 rings (SSSR count). The number of sulfonamides is 1. The molecule has 0 aliphatic heterocycles. The average Bonchev–Trinajstić information content (AvgIpc) is 2.53. The molecule has 0 heterocycles. The minimum Gasteiger partial charge on any atom is -0.349 e. The molecular formula is C16H16N2O3S. The van der Waals surface area contributed by atoms with E-state index in [0.717, 1.165) is 0 Å². The highest BCUT2D eigenvalue weighted by atomic mass is 32.2. The zero-order valence-electron chi connectivity index (χ0n) is 11.8. The van der Waals surface area contributed by atoms with E-state index >= 15 is 0 Å². The standard InChI is InChI=1S/C16H16N2O3S/c1-2-11-17-16(19)13-7-6-10-15(12-13)22(20,21)18-14-8-4-3-5-9-14/h2-10,12,18H,1,11H2,(H,17,19). The predicted octanol–water partition coefficient (Wildman–Crippen LogP) is 2.40. The van der Waals surface area contributed by atoms with E-state index in [-0.39, 0.29) is 16.4 Å². The molecule has 0 unspecified atom stereocenters. The van der Waals surface area contributed by atoms with Crippen LogP contribution >= 0.6 is 0 Å². The van der Waals surface area contributed by atoms with Crippen LogP contribution in [0.25, 0.3) is 0 Å². The first-order chi connectivity index (χ1) is 10.5. The lowest BCUT2D eigenvalue weighted by Crippen LogP contribution is -2.23. The molecule has 2 aromatic rings. The van der Waals surface area contributed by atoms with Crippen LogP contribution in [-0.4, -0.2) is 20.9 Å². The molecule has 1 amide bonds. The molecule has 6 heteroatoms. The lowest BCUT2D eigenvalue weighted by atomic mass is 10.2. The van der Waals surface area contributed by atoms with Crippen molar-refractivity contribution in [3.05, 3.63) is 72.8 Å². The highest BCUT2D eigenvalue weighted by Gasteiger charge is 2.16. The van der Waals surface area contributed by atoms with Gasteiger partial charge in [0.05, 0.1) is 4.90 Å². The van der Waals surface area contributed by atoms with Crippen LogP contribution in [0.2, 0.25) is 0 Å². The number of para-hydroxylation sites is 1. The Morgan fingerprint density at radius 2 is 1.82 bits per heavy atom. The number of hydrogen-bond donors (Lipinski definition) is 2. The molecule has 0 radical (unpaired) electrons. The second kappa shape index (κ2) is 6.91. The van der Waals surface area contributed by atoms with E-state index < -0.39 is 10.0 Å². The maximum atomic E-state index is 12.3. The topological polar surface area (TPSA) is 75.3 Å². The van der Waals surface area contributed by atoms with Gasteiger partial charge in [-0.3, -0.25) is 9.52 Å². The van der Waals surface area contributed by atoms with E-state index in [9.17, 15) is 13.2 Å². The minimum atomic E-state index is -3.74. The van der Waals surface area contributed by atoms with Crippen LogP contribution in [0.4, 0.5) is 5.69 Å². The van der Waals surface area contributed by atoms with Crippen LogP contribution in [0.5, 0.6) is 0 Å². The van der Waals surface area contributed by atoms with Gasteiger partial charge in [-0.25, -0.2) is 8.42 Å². The van der Waals surface area contributed by atoms with Gasteiger partial charge in [0.1, 0.15) is 0 Å². The predicted molar refractivity (Wildman–Crippen MR) is 86.2 cm³/mol. The molecule has 2 aromatic carbocycles. The summed E-state index contributed by atoms with van der Waals surface area (Å²) in [7, 11) is -3.74. The summed E-state index contributed by atoms with van der Waals surface area (Å²) in [6, 6.07) is 14.4. The molecule has 0 saturated heterocycles. The summed E-state index contributed by atoms with van der Waals surface area (Å²) >= 11 is 0. The molecule has 5 nitrogen and oxygen atoms in total. The first kappa shape index (κ1) is 15.8. The smallest absolute Gasteiger partial charge is 0.261 e. The summed E-state index contributed by atoms with van der Waals surface area (Å²) in [6.45, 7) is 3.83. The summed E-state index contributed by atoms with van der Waals surface area (Å²) in [5.41, 5.74) is 0.738. The minimum absolute atomic E-state index is 0.0302. The van der Waals surface area contributed by atoms with Gasteiger partial charge in [-0.05, 0) is 30.3 Å². The summed E-state index contributed by atoms with van der Waals surface area (Å²) in [5.74, 6) is -0.350. The quantitative estimate of drug-likeness (QED) is 0.804. The number of carbonyl (C=O) groups excluding carboxylic acids is 1. The molecule has 22 heavy (non-hydrogen) atoms. The van der Waals surface area contributed by atoms with Gasteiger partial charge in [0.2, 0.25) is 0 Å². The van der Waals surface area contributed by atoms with E-state index in [1.807, 2.05) is 0 Å². The van der Waals surface area contributed by atoms with Gasteiger partial charge in [0, 0.05) is 17.8 Å². The summed E-state index contributed by atoms with van der Waals surface area (Å²) in [4.78, 5) is 11.9. The molecule has 0 fully saturated rings. The van der Waals surface area contributed by atoms with Crippen molar-refractivity contribution in [1.29, 1.82) is 0 Å². The molecular weight excluding hydrogens is 300 g/mol. The van der Waals surface area contributed by atoms with Crippen molar-refractivity contribution in [2.45, 2.75) is 4.90 Å². The number of nitrogens with one attached hydrogen (secondary N) is 2. The monoisotopic (exact) mass is 316 g/mol. The fourth-order valence-electron chi connectivity index (χ4n) is 1.79. The second-order valence-electron chi connectivity index (χ2n) is 4.50. The van der Waals surface area contributed by atoms with Gasteiger partial charge in [-0.2, -0.15) is 0 Å². The molecule has 0 aliphatic rings. The first-order valence-corrected chi connectivity index (χ1v) is 8.08. The van der Waals surface area contributed by atoms with E-state index in [1.54, 1.807) is 42.5 Å². The molecule has 0 aliphatic carbocycles. The molecule has 0 bridgehead atoms. The number of benzene rings is 2. The number of amides is 1. The lowest BCUT2D eigenvalue weighted by Gasteiger charge is -2.09. The molecule has 0 spiro atoms. The fourth-order valence-corrected chi connectivity index (χ4v) is 2.90. The summed E-state index contributed by atoms with van der Waals surface area (Å²) in [5, 5.41) is 2.60. The number of carbonyl (C=O) groups is 1.